The van der Waals surface area contributed by atoms with Crippen LogP contribution in [0.4, 0.5) is 11.4 Å². The van der Waals surface area contributed by atoms with Crippen molar-refractivity contribution >= 4 is 28.2 Å². The lowest BCUT2D eigenvalue weighted by molar-refractivity contribution is -0.118. The number of aromatic amines is 1. The van der Waals surface area contributed by atoms with Crippen LogP contribution in [0.3, 0.4) is 0 Å². The summed E-state index contributed by atoms with van der Waals surface area (Å²) in [4.78, 5) is 21.4. The molecular weight excluding hydrogens is 386 g/mol. The third kappa shape index (κ3) is 4.69. The molecule has 31 heavy (non-hydrogen) atoms. The van der Waals surface area contributed by atoms with Gasteiger partial charge in [-0.2, -0.15) is 0 Å². The van der Waals surface area contributed by atoms with E-state index < -0.39 is 0 Å². The first kappa shape index (κ1) is 21.2. The fourth-order valence-electron chi connectivity index (χ4n) is 4.48. The number of piperazine rings is 1. The Hall–Kier alpha value is -2.99. The van der Waals surface area contributed by atoms with Crippen molar-refractivity contribution in [2.75, 3.05) is 49.1 Å². The van der Waals surface area contributed by atoms with Gasteiger partial charge in [0.25, 0.3) is 0 Å². The van der Waals surface area contributed by atoms with Gasteiger partial charge in [0.1, 0.15) is 6.04 Å². The quantitative estimate of drug-likeness (QED) is 0.681. The zero-order valence-electron chi connectivity index (χ0n) is 18.6. The predicted molar refractivity (Wildman–Crippen MR) is 129 cm³/mol. The maximum Gasteiger partial charge on any atom is 0.239 e. The summed E-state index contributed by atoms with van der Waals surface area (Å²) in [6, 6.07) is 16.8. The highest BCUT2D eigenvalue weighted by Crippen LogP contribution is 2.29. The van der Waals surface area contributed by atoms with Crippen molar-refractivity contribution in [2.45, 2.75) is 26.3 Å². The number of rotatable bonds is 4. The summed E-state index contributed by atoms with van der Waals surface area (Å²) in [6.45, 7) is 10.8. The molecule has 0 spiro atoms. The lowest BCUT2D eigenvalue weighted by atomic mass is 10.2. The van der Waals surface area contributed by atoms with Crippen molar-refractivity contribution < 1.29 is 4.79 Å². The number of benzene rings is 2. The van der Waals surface area contributed by atoms with Crippen molar-refractivity contribution in [1.82, 2.24) is 9.88 Å². The first-order valence-corrected chi connectivity index (χ1v) is 11.2. The van der Waals surface area contributed by atoms with Crippen LogP contribution in [0.2, 0.25) is 0 Å². The van der Waals surface area contributed by atoms with E-state index in [1.807, 2.05) is 31.3 Å². The Morgan fingerprint density at radius 2 is 1.84 bits per heavy atom. The van der Waals surface area contributed by atoms with Gasteiger partial charge in [0.15, 0.2) is 0 Å². The highest BCUT2D eigenvalue weighted by Gasteiger charge is 2.25. The third-order valence-corrected chi connectivity index (χ3v) is 6.52. The number of nitrogens with one attached hydrogen (secondary N) is 1. The molecule has 1 amide bonds. The van der Waals surface area contributed by atoms with E-state index in [0.29, 0.717) is 0 Å². The molecule has 0 saturated carbocycles. The monoisotopic (exact) mass is 419 g/mol. The molecule has 2 aliphatic rings. The Morgan fingerprint density at radius 3 is 2.58 bits per heavy atom. The number of nitrogens with zero attached hydrogens (tertiary/aromatic N) is 3. The smallest absolute Gasteiger partial charge is 0.239 e. The largest absolute Gasteiger partial charge is 0.369 e. The van der Waals surface area contributed by atoms with Crippen LogP contribution in [0.1, 0.15) is 19.4 Å². The standard InChI is InChI=1S/C14H19N3.C11H14N2O/c1-2-16-7-9-17(10-8-16)13-3-4-14-12(11-13)5-6-15-14;1-8(11(12)14)13-7-6-9-4-2-3-5-10(9)13/h3-6,11,15H,2,7-10H2,1H3;2-5,8H,6-7H2,1H3,(H2,12,14). The Labute approximate surface area is 184 Å². The van der Waals surface area contributed by atoms with Gasteiger partial charge in [0, 0.05) is 61.2 Å². The van der Waals surface area contributed by atoms with Crippen LogP contribution >= 0.6 is 0 Å². The van der Waals surface area contributed by atoms with Crippen LogP contribution < -0.4 is 15.5 Å². The number of aromatic nitrogens is 1. The number of para-hydroxylation sites is 1. The number of hydrogen-bond acceptors (Lipinski definition) is 4. The average molecular weight is 420 g/mol. The highest BCUT2D eigenvalue weighted by atomic mass is 16.1. The van der Waals surface area contributed by atoms with E-state index >= 15 is 0 Å². The Morgan fingerprint density at radius 1 is 1.06 bits per heavy atom. The van der Waals surface area contributed by atoms with Gasteiger partial charge < -0.3 is 25.4 Å². The second kappa shape index (κ2) is 9.43. The molecule has 1 saturated heterocycles. The zero-order chi connectivity index (χ0) is 21.8. The number of likely N-dealkylation sites (N-methyl/N-ethyl adjacent to an activating group) is 1. The number of primary amides is 1. The number of nitrogens with two attached hydrogens (primary N) is 1. The minimum Gasteiger partial charge on any atom is -0.369 e. The number of H-pyrrole nitrogens is 1. The van der Waals surface area contributed by atoms with Gasteiger partial charge in [-0.05, 0) is 55.8 Å². The fraction of sp³-hybridized carbons (Fsp3) is 0.400. The normalized spacial score (nSPS) is 17.2. The molecule has 0 bridgehead atoms. The van der Waals surface area contributed by atoms with Crippen LogP contribution in [0.25, 0.3) is 10.9 Å². The van der Waals surface area contributed by atoms with Crippen molar-refractivity contribution in [3.05, 3.63) is 60.3 Å². The van der Waals surface area contributed by atoms with E-state index in [0.717, 1.165) is 31.7 Å². The number of hydrogen-bond donors (Lipinski definition) is 2. The first-order chi connectivity index (χ1) is 15.1. The van der Waals surface area contributed by atoms with Gasteiger partial charge in [-0.1, -0.05) is 25.1 Å². The second-order valence-corrected chi connectivity index (χ2v) is 8.32. The lowest BCUT2D eigenvalue weighted by Crippen LogP contribution is -2.46. The molecule has 3 heterocycles. The summed E-state index contributed by atoms with van der Waals surface area (Å²) in [5.74, 6) is -0.262. The number of anilines is 2. The Bertz CT molecular complexity index is 1020. The van der Waals surface area contributed by atoms with Crippen molar-refractivity contribution in [1.29, 1.82) is 0 Å². The number of carbonyl (C=O) groups is 1. The number of fused-ring (bicyclic) bond motifs is 2. The molecule has 1 fully saturated rings. The van der Waals surface area contributed by atoms with Gasteiger partial charge in [0.2, 0.25) is 5.91 Å². The number of carbonyl (C=O) groups excluding carboxylic acids is 1. The van der Waals surface area contributed by atoms with E-state index in [4.69, 9.17) is 5.73 Å². The number of amides is 1. The van der Waals surface area contributed by atoms with E-state index in [9.17, 15) is 4.79 Å². The predicted octanol–water partition coefficient (Wildman–Crippen LogP) is 3.23. The molecule has 1 unspecified atom stereocenters. The molecule has 6 nitrogen and oxygen atoms in total. The van der Waals surface area contributed by atoms with Crippen LogP contribution in [0.15, 0.2) is 54.7 Å². The summed E-state index contributed by atoms with van der Waals surface area (Å²) >= 11 is 0. The van der Waals surface area contributed by atoms with Gasteiger partial charge in [-0.15, -0.1) is 0 Å². The Balaban J connectivity index is 0.000000152. The van der Waals surface area contributed by atoms with E-state index in [1.54, 1.807) is 0 Å². The fourth-order valence-corrected chi connectivity index (χ4v) is 4.48. The summed E-state index contributed by atoms with van der Waals surface area (Å²) in [5.41, 5.74) is 10.3. The van der Waals surface area contributed by atoms with Gasteiger partial charge in [-0.3, -0.25) is 4.79 Å². The molecule has 3 aromatic rings. The van der Waals surface area contributed by atoms with Crippen LogP contribution in [0.5, 0.6) is 0 Å². The van der Waals surface area contributed by atoms with Crippen LogP contribution in [0, 0.1) is 0 Å². The molecule has 3 N–H and O–H groups in total. The van der Waals surface area contributed by atoms with E-state index in [2.05, 4.69) is 56.9 Å². The third-order valence-electron chi connectivity index (χ3n) is 6.52. The SMILES string of the molecule is CC(C(N)=O)N1CCc2ccccc21.CCN1CCN(c2ccc3[nH]ccc3c2)CC1. The first-order valence-electron chi connectivity index (χ1n) is 11.2. The maximum atomic E-state index is 11.1. The van der Waals surface area contributed by atoms with Gasteiger partial charge >= 0.3 is 0 Å². The molecule has 0 aliphatic carbocycles. The summed E-state index contributed by atoms with van der Waals surface area (Å²) < 4.78 is 0. The van der Waals surface area contributed by atoms with Crippen molar-refractivity contribution in [3.63, 3.8) is 0 Å². The van der Waals surface area contributed by atoms with Crippen molar-refractivity contribution in [2.24, 2.45) is 5.73 Å². The van der Waals surface area contributed by atoms with Crippen LogP contribution in [-0.4, -0.2) is 61.1 Å². The summed E-state index contributed by atoms with van der Waals surface area (Å²) in [7, 11) is 0. The summed E-state index contributed by atoms with van der Waals surface area (Å²) in [6.07, 6.45) is 3.01. The minimum absolute atomic E-state index is 0.210. The Kier molecular flexibility index (Phi) is 6.47. The molecule has 5 rings (SSSR count). The van der Waals surface area contributed by atoms with E-state index in [-0.39, 0.29) is 11.9 Å². The minimum atomic E-state index is -0.262. The summed E-state index contributed by atoms with van der Waals surface area (Å²) in [5, 5.41) is 1.31. The maximum absolute atomic E-state index is 11.1. The van der Waals surface area contributed by atoms with Gasteiger partial charge in [-0.25, -0.2) is 0 Å². The molecule has 2 aromatic carbocycles. The second-order valence-electron chi connectivity index (χ2n) is 8.32. The topological polar surface area (TPSA) is 68.6 Å². The van der Waals surface area contributed by atoms with E-state index in [1.165, 1.54) is 41.8 Å². The van der Waals surface area contributed by atoms with Crippen LogP contribution in [-0.2, 0) is 11.2 Å². The molecule has 2 aliphatic heterocycles. The van der Waals surface area contributed by atoms with Crippen molar-refractivity contribution in [3.8, 4) is 0 Å². The molecule has 164 valence electrons. The average Bonchev–Trinajstić information content (AvgIpc) is 3.45. The molecule has 1 atom stereocenters. The lowest BCUT2D eigenvalue weighted by Gasteiger charge is -2.35. The molecular formula is C25H33N5O. The molecule has 6 heteroatoms. The molecule has 0 radical (unpaired) electrons. The highest BCUT2D eigenvalue weighted by molar-refractivity contribution is 5.84. The van der Waals surface area contributed by atoms with Gasteiger partial charge in [0.05, 0.1) is 0 Å². The molecule has 1 aromatic heterocycles. The zero-order valence-corrected chi connectivity index (χ0v) is 18.6.